The standard InChI is InChI=1S/C20H19FN4O4/c1-10(26)11-4-7-16-14(8-11)17(18(27)20(2,3)29-16)23-19(28)13-9-12(21)5-6-15(13)24-25-22/h4-9,17-18,27H,1-3H3,(H,23,28)/t17-,18+/m1/s1. The number of fused-ring (bicyclic) bond motifs is 1. The summed E-state index contributed by atoms with van der Waals surface area (Å²) >= 11 is 0. The number of azide groups is 1. The van der Waals surface area contributed by atoms with Crippen LogP contribution in [-0.4, -0.2) is 28.5 Å². The average molecular weight is 398 g/mol. The topological polar surface area (TPSA) is 124 Å². The molecule has 0 bridgehead atoms. The number of nitrogens with one attached hydrogen (secondary N) is 1. The second-order valence-corrected chi connectivity index (χ2v) is 7.26. The van der Waals surface area contributed by atoms with Crippen molar-refractivity contribution in [2.24, 2.45) is 5.11 Å². The van der Waals surface area contributed by atoms with Crippen molar-refractivity contribution in [3.05, 3.63) is 69.3 Å². The lowest BCUT2D eigenvalue weighted by atomic mass is 9.85. The van der Waals surface area contributed by atoms with Crippen LogP contribution in [0.25, 0.3) is 10.4 Å². The number of benzene rings is 2. The summed E-state index contributed by atoms with van der Waals surface area (Å²) in [7, 11) is 0. The summed E-state index contributed by atoms with van der Waals surface area (Å²) in [6, 6.07) is 7.01. The number of ketones is 1. The number of aliphatic hydroxyl groups is 1. The number of rotatable bonds is 4. The first-order chi connectivity index (χ1) is 13.6. The van der Waals surface area contributed by atoms with Gasteiger partial charge in [0.25, 0.3) is 5.91 Å². The van der Waals surface area contributed by atoms with E-state index < -0.39 is 29.5 Å². The van der Waals surface area contributed by atoms with E-state index in [-0.39, 0.29) is 17.0 Å². The number of nitrogens with zero attached hydrogens (tertiary/aromatic N) is 3. The maximum Gasteiger partial charge on any atom is 0.252 e. The van der Waals surface area contributed by atoms with Gasteiger partial charge in [0, 0.05) is 16.0 Å². The smallest absolute Gasteiger partial charge is 0.252 e. The molecular weight excluding hydrogens is 379 g/mol. The normalized spacial score (nSPS) is 19.3. The van der Waals surface area contributed by atoms with Gasteiger partial charge in [-0.1, -0.05) is 5.11 Å². The summed E-state index contributed by atoms with van der Waals surface area (Å²) in [4.78, 5) is 27.3. The van der Waals surface area contributed by atoms with Crippen molar-refractivity contribution in [1.29, 1.82) is 0 Å². The maximum absolute atomic E-state index is 13.7. The number of ether oxygens (including phenoxy) is 1. The van der Waals surface area contributed by atoms with Crippen LogP contribution in [0.5, 0.6) is 5.75 Å². The molecule has 0 saturated carbocycles. The summed E-state index contributed by atoms with van der Waals surface area (Å²) in [6.07, 6.45) is -1.17. The molecule has 0 unspecified atom stereocenters. The highest BCUT2D eigenvalue weighted by molar-refractivity contribution is 5.99. The van der Waals surface area contributed by atoms with Gasteiger partial charge in [-0.2, -0.15) is 0 Å². The molecule has 2 N–H and O–H groups in total. The fourth-order valence-electron chi connectivity index (χ4n) is 3.22. The number of hydrogen-bond donors (Lipinski definition) is 2. The van der Waals surface area contributed by atoms with E-state index >= 15 is 0 Å². The number of halogens is 1. The van der Waals surface area contributed by atoms with Crippen molar-refractivity contribution in [3.8, 4) is 5.75 Å². The molecule has 0 aliphatic carbocycles. The largest absolute Gasteiger partial charge is 0.485 e. The van der Waals surface area contributed by atoms with Crippen LogP contribution in [0.15, 0.2) is 41.5 Å². The Morgan fingerprint density at radius 3 is 2.66 bits per heavy atom. The van der Waals surface area contributed by atoms with E-state index in [2.05, 4.69) is 15.3 Å². The fraction of sp³-hybridized carbons (Fsp3) is 0.300. The van der Waals surface area contributed by atoms with Gasteiger partial charge in [-0.15, -0.1) is 0 Å². The van der Waals surface area contributed by atoms with Crippen molar-refractivity contribution in [2.75, 3.05) is 0 Å². The van der Waals surface area contributed by atoms with Crippen LogP contribution in [0.4, 0.5) is 10.1 Å². The predicted octanol–water partition coefficient (Wildman–Crippen LogP) is 3.97. The maximum atomic E-state index is 13.7. The summed E-state index contributed by atoms with van der Waals surface area (Å²) < 4.78 is 19.5. The molecule has 8 nitrogen and oxygen atoms in total. The van der Waals surface area contributed by atoms with E-state index in [1.54, 1.807) is 32.0 Å². The number of aliphatic hydroxyl groups excluding tert-OH is 1. The van der Waals surface area contributed by atoms with Gasteiger partial charge in [-0.25, -0.2) is 4.39 Å². The highest BCUT2D eigenvalue weighted by atomic mass is 19.1. The van der Waals surface area contributed by atoms with E-state index in [1.807, 2.05) is 0 Å². The number of Topliss-reactive ketones (excluding diaryl/α,β-unsaturated/α-hetero) is 1. The molecule has 2 atom stereocenters. The third-order valence-corrected chi connectivity index (χ3v) is 4.79. The van der Waals surface area contributed by atoms with Crippen LogP contribution >= 0.6 is 0 Å². The average Bonchev–Trinajstić information content (AvgIpc) is 2.66. The molecule has 0 aromatic heterocycles. The van der Waals surface area contributed by atoms with E-state index in [4.69, 9.17) is 10.3 Å². The Morgan fingerprint density at radius 2 is 2.00 bits per heavy atom. The summed E-state index contributed by atoms with van der Waals surface area (Å²) in [5, 5.41) is 16.9. The lowest BCUT2D eigenvalue weighted by Gasteiger charge is -2.42. The minimum Gasteiger partial charge on any atom is -0.485 e. The zero-order valence-electron chi connectivity index (χ0n) is 16.0. The van der Waals surface area contributed by atoms with E-state index in [0.29, 0.717) is 16.9 Å². The summed E-state index contributed by atoms with van der Waals surface area (Å²) in [5.41, 5.74) is 8.22. The quantitative estimate of drug-likeness (QED) is 0.350. The molecule has 1 heterocycles. The SMILES string of the molecule is CC(=O)c1ccc2c(c1)[C@@H](NC(=O)c1cc(F)ccc1N=[N+]=[N-])[C@H](O)C(C)(C)O2. The van der Waals surface area contributed by atoms with Gasteiger partial charge in [0.1, 0.15) is 23.3 Å². The molecule has 1 aliphatic rings. The Balaban J connectivity index is 2.05. The molecule has 9 heteroatoms. The van der Waals surface area contributed by atoms with Gasteiger partial charge >= 0.3 is 0 Å². The van der Waals surface area contributed by atoms with Crippen LogP contribution in [-0.2, 0) is 0 Å². The third kappa shape index (κ3) is 3.91. The van der Waals surface area contributed by atoms with Crippen LogP contribution < -0.4 is 10.1 Å². The zero-order valence-corrected chi connectivity index (χ0v) is 16.0. The first-order valence-corrected chi connectivity index (χ1v) is 8.81. The van der Waals surface area contributed by atoms with Crippen LogP contribution in [0.3, 0.4) is 0 Å². The minimum atomic E-state index is -1.17. The molecule has 3 rings (SSSR count). The monoisotopic (exact) mass is 398 g/mol. The molecule has 0 fully saturated rings. The molecule has 2 aromatic carbocycles. The number of carbonyl (C=O) groups is 2. The Hall–Kier alpha value is -3.42. The lowest BCUT2D eigenvalue weighted by molar-refractivity contribution is -0.0627. The van der Waals surface area contributed by atoms with Crippen molar-refractivity contribution in [3.63, 3.8) is 0 Å². The van der Waals surface area contributed by atoms with E-state index in [1.165, 1.54) is 13.0 Å². The van der Waals surface area contributed by atoms with Gasteiger partial charge < -0.3 is 15.2 Å². The lowest BCUT2D eigenvalue weighted by Crippen LogP contribution is -2.53. The third-order valence-electron chi connectivity index (χ3n) is 4.79. The van der Waals surface area contributed by atoms with Gasteiger partial charge in [-0.05, 0) is 62.7 Å². The molecule has 0 spiro atoms. The van der Waals surface area contributed by atoms with E-state index in [9.17, 15) is 19.1 Å². The predicted molar refractivity (Wildman–Crippen MR) is 103 cm³/mol. The Kier molecular flexibility index (Phi) is 5.28. The highest BCUT2D eigenvalue weighted by Gasteiger charge is 2.44. The summed E-state index contributed by atoms with van der Waals surface area (Å²) in [5.74, 6) is -1.20. The molecule has 29 heavy (non-hydrogen) atoms. The molecule has 0 radical (unpaired) electrons. The van der Waals surface area contributed by atoms with Crippen molar-refractivity contribution < 1.29 is 23.8 Å². The molecule has 2 aromatic rings. The first-order valence-electron chi connectivity index (χ1n) is 8.81. The van der Waals surface area contributed by atoms with E-state index in [0.717, 1.165) is 12.1 Å². The highest BCUT2D eigenvalue weighted by Crippen LogP contribution is 2.40. The van der Waals surface area contributed by atoms with Gasteiger partial charge in [0.15, 0.2) is 5.78 Å². The Morgan fingerprint density at radius 1 is 1.28 bits per heavy atom. The van der Waals surface area contributed by atoms with Crippen molar-refractivity contribution in [1.82, 2.24) is 5.32 Å². The zero-order chi connectivity index (χ0) is 21.3. The van der Waals surface area contributed by atoms with Crippen LogP contribution in [0.2, 0.25) is 0 Å². The first kappa shape index (κ1) is 20.3. The van der Waals surface area contributed by atoms with Crippen molar-refractivity contribution >= 4 is 17.4 Å². The molecule has 0 saturated heterocycles. The fourth-order valence-corrected chi connectivity index (χ4v) is 3.22. The minimum absolute atomic E-state index is 0.0510. The number of amides is 1. The van der Waals surface area contributed by atoms with Crippen molar-refractivity contribution in [2.45, 2.75) is 38.5 Å². The molecular formula is C20H19FN4O4. The Bertz CT molecular complexity index is 1050. The number of hydrogen-bond acceptors (Lipinski definition) is 5. The molecule has 1 amide bonds. The number of carbonyl (C=O) groups excluding carboxylic acids is 2. The summed E-state index contributed by atoms with van der Waals surface area (Å²) in [6.45, 7) is 4.72. The van der Waals surface area contributed by atoms with Crippen LogP contribution in [0.1, 0.15) is 53.1 Å². The molecule has 1 aliphatic heterocycles. The van der Waals surface area contributed by atoms with Gasteiger partial charge in [0.05, 0.1) is 17.3 Å². The van der Waals surface area contributed by atoms with Gasteiger partial charge in [-0.3, -0.25) is 9.59 Å². The molecule has 150 valence electrons. The van der Waals surface area contributed by atoms with Gasteiger partial charge in [0.2, 0.25) is 0 Å². The van der Waals surface area contributed by atoms with Crippen LogP contribution in [0, 0.1) is 5.82 Å². The second kappa shape index (κ2) is 7.54. The Labute approximate surface area is 165 Å². The second-order valence-electron chi connectivity index (χ2n) is 7.26.